The van der Waals surface area contributed by atoms with E-state index >= 15 is 0 Å². The Hall–Kier alpha value is -2.88. The van der Waals surface area contributed by atoms with Crippen molar-refractivity contribution in [1.82, 2.24) is 9.55 Å². The van der Waals surface area contributed by atoms with Crippen LogP contribution < -0.4 is 0 Å². The van der Waals surface area contributed by atoms with Crippen LogP contribution >= 0.6 is 0 Å². The molecular weight excluding hydrogens is 348 g/mol. The normalized spacial score (nSPS) is 12.0. The van der Waals surface area contributed by atoms with Crippen LogP contribution in [-0.2, 0) is 11.2 Å². The van der Waals surface area contributed by atoms with E-state index in [1.165, 1.54) is 37.9 Å². The Balaban J connectivity index is 1.71. The van der Waals surface area contributed by atoms with Gasteiger partial charge < -0.3 is 4.74 Å². The van der Waals surface area contributed by atoms with Crippen LogP contribution in [0.2, 0.25) is 0 Å². The molecule has 0 aliphatic heterocycles. The van der Waals surface area contributed by atoms with Gasteiger partial charge in [-0.05, 0) is 55.5 Å². The van der Waals surface area contributed by atoms with E-state index in [1.54, 1.807) is 12.4 Å². The first-order valence-electron chi connectivity index (χ1n) is 9.71. The van der Waals surface area contributed by atoms with Crippen LogP contribution in [0, 0.1) is 27.7 Å². The summed E-state index contributed by atoms with van der Waals surface area (Å²) in [5.41, 5.74) is 7.28. The largest absolute Gasteiger partial charge is 0.449 e. The second-order valence-corrected chi connectivity index (χ2v) is 7.46. The highest BCUT2D eigenvalue weighted by Crippen LogP contribution is 2.27. The molecule has 0 radical (unpaired) electrons. The van der Waals surface area contributed by atoms with Gasteiger partial charge in [0.25, 0.3) is 0 Å². The van der Waals surface area contributed by atoms with Crippen molar-refractivity contribution in [2.45, 2.75) is 47.0 Å². The number of aryl methyl sites for hydroxylation is 3. The number of benzene rings is 2. The summed E-state index contributed by atoms with van der Waals surface area (Å²) in [4.78, 5) is 17.1. The number of hydrogen-bond acceptors (Lipinski definition) is 3. The van der Waals surface area contributed by atoms with Gasteiger partial charge in [-0.1, -0.05) is 48.9 Å². The second-order valence-electron chi connectivity index (χ2n) is 7.46. The lowest BCUT2D eigenvalue weighted by atomic mass is 9.93. The van der Waals surface area contributed by atoms with Gasteiger partial charge in [0.15, 0.2) is 0 Å². The fraction of sp³-hybridized carbons (Fsp3) is 0.333. The van der Waals surface area contributed by atoms with Crippen molar-refractivity contribution in [2.24, 2.45) is 0 Å². The smallest absolute Gasteiger partial charge is 0.419 e. The van der Waals surface area contributed by atoms with Crippen LogP contribution in [0.5, 0.6) is 0 Å². The number of carbonyl (C=O) groups is 1. The molecule has 0 unspecified atom stereocenters. The maximum Gasteiger partial charge on any atom is 0.419 e. The van der Waals surface area contributed by atoms with E-state index in [2.05, 4.69) is 69.9 Å². The van der Waals surface area contributed by atoms with E-state index in [9.17, 15) is 4.79 Å². The molecule has 0 N–H and O–H groups in total. The minimum atomic E-state index is -0.380. The number of nitrogens with zero attached hydrogens (tertiary/aromatic N) is 2. The Morgan fingerprint density at radius 2 is 1.89 bits per heavy atom. The van der Waals surface area contributed by atoms with Crippen molar-refractivity contribution >= 4 is 6.09 Å². The first-order valence-corrected chi connectivity index (χ1v) is 9.71. The molecular formula is C24H28N2O2. The zero-order valence-corrected chi connectivity index (χ0v) is 17.3. The number of carbonyl (C=O) groups excluding carboxylic acids is 1. The van der Waals surface area contributed by atoms with Gasteiger partial charge in [0.1, 0.15) is 5.82 Å². The monoisotopic (exact) mass is 376 g/mol. The third-order valence-electron chi connectivity index (χ3n) is 5.47. The molecule has 1 aromatic heterocycles. The van der Waals surface area contributed by atoms with Crippen LogP contribution in [0.25, 0.3) is 0 Å². The first-order chi connectivity index (χ1) is 13.4. The van der Waals surface area contributed by atoms with E-state index in [-0.39, 0.29) is 12.0 Å². The Morgan fingerprint density at radius 3 is 2.68 bits per heavy atom. The quantitative estimate of drug-likeness (QED) is 0.591. The lowest BCUT2D eigenvalue weighted by Gasteiger charge is -2.17. The van der Waals surface area contributed by atoms with Crippen LogP contribution in [0.15, 0.2) is 48.8 Å². The van der Waals surface area contributed by atoms with E-state index < -0.39 is 0 Å². The summed E-state index contributed by atoms with van der Waals surface area (Å²) >= 11 is 0. The second kappa shape index (κ2) is 8.42. The summed E-state index contributed by atoms with van der Waals surface area (Å²) in [6, 6.07) is 12.6. The predicted molar refractivity (Wildman–Crippen MR) is 112 cm³/mol. The zero-order chi connectivity index (χ0) is 20.3. The summed E-state index contributed by atoms with van der Waals surface area (Å²) in [6.45, 7) is 10.8. The number of ether oxygens (including phenoxy) is 1. The molecule has 0 fully saturated rings. The Bertz CT molecular complexity index is 988. The summed E-state index contributed by atoms with van der Waals surface area (Å²) in [5.74, 6) is 0.701. The highest BCUT2D eigenvalue weighted by atomic mass is 16.5. The minimum Gasteiger partial charge on any atom is -0.449 e. The molecule has 0 saturated carbocycles. The van der Waals surface area contributed by atoms with Crippen molar-refractivity contribution in [3.63, 3.8) is 0 Å². The fourth-order valence-electron chi connectivity index (χ4n) is 3.56. The van der Waals surface area contributed by atoms with Gasteiger partial charge in [0, 0.05) is 24.7 Å². The molecule has 2 aromatic carbocycles. The topological polar surface area (TPSA) is 44.1 Å². The lowest BCUT2D eigenvalue weighted by molar-refractivity contribution is 0.148. The summed E-state index contributed by atoms with van der Waals surface area (Å²) in [6.07, 6.45) is 3.66. The molecule has 0 saturated heterocycles. The molecule has 4 nitrogen and oxygen atoms in total. The molecule has 1 atom stereocenters. The third-order valence-corrected chi connectivity index (χ3v) is 5.47. The van der Waals surface area contributed by atoms with Gasteiger partial charge in [0.2, 0.25) is 0 Å². The van der Waals surface area contributed by atoms with E-state index in [0.717, 1.165) is 0 Å². The van der Waals surface area contributed by atoms with Gasteiger partial charge >= 0.3 is 6.09 Å². The first kappa shape index (κ1) is 19.9. The molecule has 4 heteroatoms. The van der Waals surface area contributed by atoms with Crippen molar-refractivity contribution in [3.05, 3.63) is 88.0 Å². The maximum absolute atomic E-state index is 12.7. The van der Waals surface area contributed by atoms with Crippen LogP contribution in [0.1, 0.15) is 52.0 Å². The molecule has 0 spiro atoms. The predicted octanol–water partition coefficient (Wildman–Crippen LogP) is 5.50. The van der Waals surface area contributed by atoms with Gasteiger partial charge in [-0.3, -0.25) is 0 Å². The van der Waals surface area contributed by atoms with Crippen molar-refractivity contribution in [1.29, 1.82) is 0 Å². The van der Waals surface area contributed by atoms with Crippen molar-refractivity contribution in [2.75, 3.05) is 6.61 Å². The number of imidazole rings is 1. The SMILES string of the molecule is Cc1ccc(C)c(CCOC(=O)n2ccnc2[C@@H](C)c2cccc(C)c2C)c1. The number of rotatable bonds is 5. The van der Waals surface area contributed by atoms with Crippen molar-refractivity contribution in [3.8, 4) is 0 Å². The molecule has 0 aliphatic rings. The molecule has 0 amide bonds. The minimum absolute atomic E-state index is 0.00136. The van der Waals surface area contributed by atoms with Gasteiger partial charge in [-0.2, -0.15) is 0 Å². The summed E-state index contributed by atoms with van der Waals surface area (Å²) in [7, 11) is 0. The average Bonchev–Trinajstić information content (AvgIpc) is 3.16. The maximum atomic E-state index is 12.7. The van der Waals surface area contributed by atoms with Gasteiger partial charge in [-0.25, -0.2) is 14.3 Å². The molecule has 28 heavy (non-hydrogen) atoms. The van der Waals surface area contributed by atoms with E-state index in [0.29, 0.717) is 18.9 Å². The molecule has 3 aromatic rings. The zero-order valence-electron chi connectivity index (χ0n) is 17.3. The molecule has 3 rings (SSSR count). The van der Waals surface area contributed by atoms with Gasteiger partial charge in [-0.15, -0.1) is 0 Å². The highest BCUT2D eigenvalue weighted by molar-refractivity contribution is 5.71. The van der Waals surface area contributed by atoms with Crippen LogP contribution in [-0.4, -0.2) is 22.3 Å². The molecule has 146 valence electrons. The van der Waals surface area contributed by atoms with E-state index in [1.807, 2.05) is 6.07 Å². The average molecular weight is 377 g/mol. The fourth-order valence-corrected chi connectivity index (χ4v) is 3.56. The van der Waals surface area contributed by atoms with Crippen LogP contribution in [0.4, 0.5) is 4.79 Å². The Morgan fingerprint density at radius 1 is 1.11 bits per heavy atom. The van der Waals surface area contributed by atoms with Gasteiger partial charge in [0.05, 0.1) is 6.61 Å². The molecule has 1 heterocycles. The van der Waals surface area contributed by atoms with E-state index in [4.69, 9.17) is 4.74 Å². The lowest BCUT2D eigenvalue weighted by Crippen LogP contribution is -2.19. The summed E-state index contributed by atoms with van der Waals surface area (Å²) < 4.78 is 7.07. The highest BCUT2D eigenvalue weighted by Gasteiger charge is 2.20. The number of hydrogen-bond donors (Lipinski definition) is 0. The summed E-state index contributed by atoms with van der Waals surface area (Å²) in [5, 5.41) is 0. The number of aromatic nitrogens is 2. The van der Waals surface area contributed by atoms with Crippen molar-refractivity contribution < 1.29 is 9.53 Å². The molecule has 0 bridgehead atoms. The Labute approximate surface area is 167 Å². The third kappa shape index (κ3) is 4.16. The molecule has 0 aliphatic carbocycles. The Kier molecular flexibility index (Phi) is 5.98. The standard InChI is InChI=1S/C24H28N2O2/c1-16-9-10-18(3)21(15-16)11-14-28-24(27)26-13-12-25-23(26)20(5)22-8-6-7-17(2)19(22)4/h6-10,12-13,15,20H,11,14H2,1-5H3/t20-/m0/s1. The van der Waals surface area contributed by atoms with Crippen LogP contribution in [0.3, 0.4) is 0 Å².